The van der Waals surface area contributed by atoms with E-state index in [1.54, 1.807) is 0 Å². The van der Waals surface area contributed by atoms with Gasteiger partial charge in [0.1, 0.15) is 24.4 Å². The number of amides is 3. The van der Waals surface area contributed by atoms with E-state index in [1.807, 2.05) is 62.4 Å². The summed E-state index contributed by atoms with van der Waals surface area (Å²) >= 11 is 2.24. The fraction of sp³-hybridized carbons (Fsp3) is 0.467. The SMILES string of the molecule is CC(C)[C@H]1NC(=O)[C@@H](Cc2cccc(I)c2)NCCOc2ccccc2CCCNC(=O)[C@H](CCC(=N)N)NC1=O. The number of carbonyl (C=O) groups is 3. The van der Waals surface area contributed by atoms with Gasteiger partial charge in [0, 0.05) is 23.1 Å². The molecule has 0 radical (unpaired) electrons. The lowest BCUT2D eigenvalue weighted by molar-refractivity contribution is -0.133. The predicted molar refractivity (Wildman–Crippen MR) is 168 cm³/mol. The molecule has 222 valence electrons. The molecule has 0 aliphatic carbocycles. The van der Waals surface area contributed by atoms with E-state index in [2.05, 4.69) is 43.9 Å². The summed E-state index contributed by atoms with van der Waals surface area (Å²) in [7, 11) is 0. The maximum atomic E-state index is 13.6. The lowest BCUT2D eigenvalue weighted by atomic mass is 10.00. The van der Waals surface area contributed by atoms with Crippen molar-refractivity contribution in [3.63, 3.8) is 0 Å². The second-order valence-electron chi connectivity index (χ2n) is 10.5. The summed E-state index contributed by atoms with van der Waals surface area (Å²) in [4.78, 5) is 40.1. The van der Waals surface area contributed by atoms with Crippen molar-refractivity contribution in [1.29, 1.82) is 5.41 Å². The first-order valence-electron chi connectivity index (χ1n) is 14.0. The molecule has 0 spiro atoms. The van der Waals surface area contributed by atoms with Crippen LogP contribution < -0.4 is 31.7 Å². The molecule has 2 aromatic carbocycles. The number of hydrogen-bond acceptors (Lipinski definition) is 6. The van der Waals surface area contributed by atoms with Crippen LogP contribution in [-0.4, -0.2) is 61.4 Å². The Bertz CT molecular complexity index is 1210. The molecule has 0 fully saturated rings. The van der Waals surface area contributed by atoms with Crippen molar-refractivity contribution in [3.05, 3.63) is 63.2 Å². The van der Waals surface area contributed by atoms with Crippen molar-refractivity contribution in [2.24, 2.45) is 11.7 Å². The van der Waals surface area contributed by atoms with Crippen molar-refractivity contribution in [2.75, 3.05) is 19.7 Å². The van der Waals surface area contributed by atoms with Gasteiger partial charge in [-0.25, -0.2) is 0 Å². The summed E-state index contributed by atoms with van der Waals surface area (Å²) in [5.41, 5.74) is 7.56. The van der Waals surface area contributed by atoms with Gasteiger partial charge >= 0.3 is 0 Å². The van der Waals surface area contributed by atoms with Crippen molar-refractivity contribution in [2.45, 2.75) is 64.1 Å². The highest BCUT2D eigenvalue weighted by Crippen LogP contribution is 2.19. The minimum atomic E-state index is -0.889. The van der Waals surface area contributed by atoms with Gasteiger partial charge in [0.2, 0.25) is 17.7 Å². The van der Waals surface area contributed by atoms with Gasteiger partial charge in [-0.2, -0.15) is 0 Å². The molecule has 0 saturated heterocycles. The monoisotopic (exact) mass is 676 g/mol. The van der Waals surface area contributed by atoms with E-state index in [0.717, 1.165) is 20.4 Å². The summed E-state index contributed by atoms with van der Waals surface area (Å²) in [6.45, 7) is 4.88. The van der Waals surface area contributed by atoms with E-state index in [9.17, 15) is 14.4 Å². The van der Waals surface area contributed by atoms with Gasteiger partial charge in [-0.3, -0.25) is 19.8 Å². The summed E-state index contributed by atoms with van der Waals surface area (Å²) in [6, 6.07) is 13.4. The first kappa shape index (κ1) is 32.3. The minimum absolute atomic E-state index is 0.0682. The number of carbonyl (C=O) groups excluding carboxylic acids is 3. The van der Waals surface area contributed by atoms with Crippen LogP contribution in [0.25, 0.3) is 0 Å². The highest BCUT2D eigenvalue weighted by molar-refractivity contribution is 14.1. The normalized spacial score (nSPS) is 21.4. The standard InChI is InChI=1S/C30H41IN6O4/c1-19(2)27-30(40)36-23(12-13-26(32)33)28(38)35-14-6-9-21-8-3-4-11-25(21)41-16-15-34-24(29(39)37-27)18-20-7-5-10-22(31)17-20/h3-5,7-8,10-11,17,19,23-24,27,34H,6,9,12-16,18H2,1-2H3,(H3,32,33)(H,35,38)(H,36,40)(H,37,39)/t23-,24+,27+/m0/s1. The lowest BCUT2D eigenvalue weighted by Crippen LogP contribution is -2.58. The fourth-order valence-corrected chi connectivity index (χ4v) is 5.24. The largest absolute Gasteiger partial charge is 0.492 e. The van der Waals surface area contributed by atoms with Crippen LogP contribution in [0.15, 0.2) is 48.5 Å². The zero-order valence-corrected chi connectivity index (χ0v) is 25.8. The molecule has 1 aliphatic rings. The fourth-order valence-electron chi connectivity index (χ4n) is 4.64. The Balaban J connectivity index is 1.87. The molecule has 0 saturated carbocycles. The number of ether oxygens (including phenoxy) is 1. The van der Waals surface area contributed by atoms with Crippen molar-refractivity contribution in [3.8, 4) is 5.75 Å². The zero-order valence-electron chi connectivity index (χ0n) is 23.7. The van der Waals surface area contributed by atoms with E-state index < -0.39 is 24.0 Å². The third-order valence-corrected chi connectivity index (χ3v) is 7.54. The average molecular weight is 677 g/mol. The molecule has 7 N–H and O–H groups in total. The Morgan fingerprint density at radius 2 is 1.80 bits per heavy atom. The van der Waals surface area contributed by atoms with Crippen molar-refractivity contribution < 1.29 is 19.1 Å². The van der Waals surface area contributed by atoms with Gasteiger partial charge in [-0.05, 0) is 83.5 Å². The molecular formula is C30H41IN6O4. The van der Waals surface area contributed by atoms with Crippen LogP contribution in [0.5, 0.6) is 5.75 Å². The van der Waals surface area contributed by atoms with Crippen LogP contribution in [0.1, 0.15) is 44.2 Å². The first-order chi connectivity index (χ1) is 19.6. The Labute approximate surface area is 255 Å². The topological polar surface area (TPSA) is 158 Å². The van der Waals surface area contributed by atoms with Crippen LogP contribution >= 0.6 is 22.6 Å². The molecule has 3 amide bonds. The van der Waals surface area contributed by atoms with Gasteiger partial charge < -0.3 is 31.7 Å². The number of benzene rings is 2. The van der Waals surface area contributed by atoms with Crippen molar-refractivity contribution >= 4 is 46.1 Å². The van der Waals surface area contributed by atoms with Gasteiger partial charge in [0.25, 0.3) is 0 Å². The number of nitrogens with one attached hydrogen (secondary N) is 5. The molecule has 1 aliphatic heterocycles. The summed E-state index contributed by atoms with van der Waals surface area (Å²) in [5.74, 6) is -0.655. The third kappa shape index (κ3) is 10.6. The van der Waals surface area contributed by atoms with Gasteiger partial charge in [0.15, 0.2) is 0 Å². The number of halogens is 1. The number of rotatable bonds is 6. The zero-order chi connectivity index (χ0) is 29.8. The number of amidine groups is 1. The Kier molecular flexibility index (Phi) is 12.9. The van der Waals surface area contributed by atoms with Crippen LogP contribution in [0, 0.1) is 14.9 Å². The maximum absolute atomic E-state index is 13.6. The third-order valence-electron chi connectivity index (χ3n) is 6.87. The Hall–Kier alpha value is -3.19. The predicted octanol–water partition coefficient (Wildman–Crippen LogP) is 2.28. The van der Waals surface area contributed by atoms with E-state index >= 15 is 0 Å². The van der Waals surface area contributed by atoms with E-state index in [4.69, 9.17) is 15.9 Å². The number of aryl methyl sites for hydroxylation is 1. The molecule has 3 atom stereocenters. The number of hydrogen-bond donors (Lipinski definition) is 6. The maximum Gasteiger partial charge on any atom is 0.243 e. The molecule has 0 bridgehead atoms. The summed E-state index contributed by atoms with van der Waals surface area (Å²) < 4.78 is 7.14. The number of fused-ring (bicyclic) bond motifs is 1. The van der Waals surface area contributed by atoms with Gasteiger partial charge in [-0.15, -0.1) is 0 Å². The number of para-hydroxylation sites is 1. The highest BCUT2D eigenvalue weighted by atomic mass is 127. The average Bonchev–Trinajstić information content (AvgIpc) is 2.93. The minimum Gasteiger partial charge on any atom is -0.492 e. The van der Waals surface area contributed by atoms with Crippen LogP contribution in [0.2, 0.25) is 0 Å². The van der Waals surface area contributed by atoms with Crippen LogP contribution in [0.4, 0.5) is 0 Å². The highest BCUT2D eigenvalue weighted by Gasteiger charge is 2.31. The second kappa shape index (κ2) is 16.3. The second-order valence-corrected chi connectivity index (χ2v) is 11.8. The molecule has 2 aromatic rings. The molecule has 1 heterocycles. The molecule has 3 rings (SSSR count). The summed E-state index contributed by atoms with van der Waals surface area (Å²) in [6.07, 6.45) is 2.14. The first-order valence-corrected chi connectivity index (χ1v) is 15.1. The van der Waals surface area contributed by atoms with Crippen LogP contribution in [0.3, 0.4) is 0 Å². The summed E-state index contributed by atoms with van der Waals surface area (Å²) in [5, 5.41) is 19.5. The molecular weight excluding hydrogens is 635 g/mol. The molecule has 0 unspecified atom stereocenters. The smallest absolute Gasteiger partial charge is 0.243 e. The van der Waals surface area contributed by atoms with Crippen LogP contribution in [-0.2, 0) is 27.2 Å². The Morgan fingerprint density at radius 1 is 1.02 bits per heavy atom. The van der Waals surface area contributed by atoms with Gasteiger partial charge in [-0.1, -0.05) is 44.2 Å². The quantitative estimate of drug-likeness (QED) is 0.157. The van der Waals surface area contributed by atoms with Crippen molar-refractivity contribution in [1.82, 2.24) is 21.3 Å². The van der Waals surface area contributed by atoms with Gasteiger partial charge in [0.05, 0.1) is 11.9 Å². The van der Waals surface area contributed by atoms with E-state index in [1.165, 1.54) is 0 Å². The molecule has 0 aromatic heterocycles. The molecule has 10 nitrogen and oxygen atoms in total. The molecule has 11 heteroatoms. The van der Waals surface area contributed by atoms with E-state index in [0.29, 0.717) is 39.0 Å². The lowest BCUT2D eigenvalue weighted by Gasteiger charge is -2.27. The Morgan fingerprint density at radius 3 is 2.54 bits per heavy atom. The number of nitrogens with two attached hydrogens (primary N) is 1. The van der Waals surface area contributed by atoms with E-state index in [-0.39, 0.29) is 36.4 Å². The molecule has 41 heavy (non-hydrogen) atoms.